The second kappa shape index (κ2) is 4.46. The minimum absolute atomic E-state index is 0.00886. The number of halogens is 1. The lowest BCUT2D eigenvalue weighted by Crippen LogP contribution is -2.36. The molecule has 1 amide bonds. The van der Waals surface area contributed by atoms with Crippen molar-refractivity contribution in [1.82, 2.24) is 0 Å². The summed E-state index contributed by atoms with van der Waals surface area (Å²) in [5, 5.41) is 0. The van der Waals surface area contributed by atoms with E-state index in [1.807, 2.05) is 4.90 Å². The van der Waals surface area contributed by atoms with Gasteiger partial charge < -0.3 is 4.90 Å². The summed E-state index contributed by atoms with van der Waals surface area (Å²) in [4.78, 5) is 13.6. The first kappa shape index (κ1) is 11.5. The molecule has 1 aromatic rings. The van der Waals surface area contributed by atoms with E-state index in [9.17, 15) is 4.79 Å². The predicted molar refractivity (Wildman–Crippen MR) is 67.3 cm³/mol. The average Bonchev–Trinajstić information content (AvgIpc) is 2.26. The maximum atomic E-state index is 11.8. The quantitative estimate of drug-likeness (QED) is 0.688. The summed E-state index contributed by atoms with van der Waals surface area (Å²) in [6.07, 6.45) is 2.09. The molecule has 0 spiro atoms. The van der Waals surface area contributed by atoms with Crippen LogP contribution in [0.15, 0.2) is 12.1 Å². The second-order valence-corrected chi connectivity index (χ2v) is 4.64. The smallest absolute Gasteiger partial charge is 0.241 e. The molecular weight excluding hydrogens is 222 g/mol. The van der Waals surface area contributed by atoms with Gasteiger partial charge in [0.2, 0.25) is 5.91 Å². The summed E-state index contributed by atoms with van der Waals surface area (Å²) in [6.45, 7) is 4.95. The van der Waals surface area contributed by atoms with Gasteiger partial charge in [0, 0.05) is 12.2 Å². The van der Waals surface area contributed by atoms with Gasteiger partial charge in [-0.2, -0.15) is 0 Å². The Morgan fingerprint density at radius 3 is 2.88 bits per heavy atom. The van der Waals surface area contributed by atoms with Gasteiger partial charge in [0.15, 0.2) is 0 Å². The first-order chi connectivity index (χ1) is 7.63. The fraction of sp³-hybridized carbons (Fsp3) is 0.462. The van der Waals surface area contributed by atoms with Crippen LogP contribution in [0.25, 0.3) is 0 Å². The van der Waals surface area contributed by atoms with E-state index >= 15 is 0 Å². The highest BCUT2D eigenvalue weighted by atomic mass is 35.5. The summed E-state index contributed by atoms with van der Waals surface area (Å²) < 4.78 is 0. The second-order valence-electron chi connectivity index (χ2n) is 4.37. The van der Waals surface area contributed by atoms with Gasteiger partial charge in [-0.1, -0.05) is 17.7 Å². The van der Waals surface area contributed by atoms with Crippen molar-refractivity contribution in [3.8, 4) is 0 Å². The third-order valence-electron chi connectivity index (χ3n) is 3.04. The SMILES string of the molecule is Cc1cc(C)c2c(c1)CCCN2C(=O)CCl. The van der Waals surface area contributed by atoms with E-state index in [4.69, 9.17) is 11.6 Å². The van der Waals surface area contributed by atoms with Gasteiger partial charge in [-0.05, 0) is 37.8 Å². The normalized spacial score (nSPS) is 14.8. The number of hydrogen-bond acceptors (Lipinski definition) is 1. The van der Waals surface area contributed by atoms with Crippen molar-refractivity contribution >= 4 is 23.2 Å². The number of benzene rings is 1. The lowest BCUT2D eigenvalue weighted by molar-refractivity contribution is -0.116. The molecule has 1 aliphatic heterocycles. The zero-order valence-corrected chi connectivity index (χ0v) is 10.5. The zero-order valence-electron chi connectivity index (χ0n) is 9.72. The maximum absolute atomic E-state index is 11.8. The highest BCUT2D eigenvalue weighted by Gasteiger charge is 2.23. The summed E-state index contributed by atoms with van der Waals surface area (Å²) in [5.41, 5.74) is 4.80. The number of amides is 1. The fourth-order valence-electron chi connectivity index (χ4n) is 2.49. The Labute approximate surface area is 101 Å². The van der Waals surface area contributed by atoms with Gasteiger partial charge in [-0.3, -0.25) is 4.79 Å². The minimum Gasteiger partial charge on any atom is -0.311 e. The molecule has 0 radical (unpaired) electrons. The standard InChI is InChI=1S/C13H16ClNO/c1-9-6-10(2)13-11(7-9)4-3-5-15(13)12(16)8-14/h6-7H,3-5,8H2,1-2H3. The van der Waals surface area contributed by atoms with E-state index in [2.05, 4.69) is 26.0 Å². The molecule has 0 unspecified atom stereocenters. The molecule has 16 heavy (non-hydrogen) atoms. The maximum Gasteiger partial charge on any atom is 0.241 e. The Morgan fingerprint density at radius 2 is 2.19 bits per heavy atom. The molecule has 2 nitrogen and oxygen atoms in total. The van der Waals surface area contributed by atoms with E-state index in [1.54, 1.807) is 0 Å². The Bertz CT molecular complexity index is 428. The number of anilines is 1. The van der Waals surface area contributed by atoms with Gasteiger partial charge in [-0.25, -0.2) is 0 Å². The largest absolute Gasteiger partial charge is 0.311 e. The van der Waals surface area contributed by atoms with E-state index in [0.29, 0.717) is 0 Å². The molecule has 2 rings (SSSR count). The molecule has 0 fully saturated rings. The Morgan fingerprint density at radius 1 is 1.44 bits per heavy atom. The number of fused-ring (bicyclic) bond motifs is 1. The van der Waals surface area contributed by atoms with Crippen molar-refractivity contribution in [2.75, 3.05) is 17.3 Å². The third-order valence-corrected chi connectivity index (χ3v) is 3.27. The Hall–Kier alpha value is -1.02. The monoisotopic (exact) mass is 237 g/mol. The zero-order chi connectivity index (χ0) is 11.7. The van der Waals surface area contributed by atoms with Crippen LogP contribution in [-0.4, -0.2) is 18.3 Å². The van der Waals surface area contributed by atoms with Crippen LogP contribution in [0.1, 0.15) is 23.1 Å². The van der Waals surface area contributed by atoms with Crippen molar-refractivity contribution in [3.63, 3.8) is 0 Å². The van der Waals surface area contributed by atoms with Gasteiger partial charge in [0.1, 0.15) is 5.88 Å². The molecule has 0 bridgehead atoms. The van der Waals surface area contributed by atoms with Crippen LogP contribution >= 0.6 is 11.6 Å². The van der Waals surface area contributed by atoms with Crippen LogP contribution in [-0.2, 0) is 11.2 Å². The number of aryl methyl sites for hydroxylation is 3. The van der Waals surface area contributed by atoms with Gasteiger partial charge >= 0.3 is 0 Å². The molecule has 0 saturated heterocycles. The first-order valence-electron chi connectivity index (χ1n) is 5.60. The molecule has 3 heteroatoms. The lowest BCUT2D eigenvalue weighted by atomic mass is 9.96. The van der Waals surface area contributed by atoms with Gasteiger partial charge in [-0.15, -0.1) is 11.6 Å². The minimum atomic E-state index is 0.00886. The van der Waals surface area contributed by atoms with Gasteiger partial charge in [0.05, 0.1) is 0 Å². The molecule has 1 aliphatic rings. The van der Waals surface area contributed by atoms with Crippen molar-refractivity contribution in [2.24, 2.45) is 0 Å². The molecule has 0 saturated carbocycles. The molecular formula is C13H16ClNO. The molecule has 0 aliphatic carbocycles. The van der Waals surface area contributed by atoms with Crippen LogP contribution in [0.5, 0.6) is 0 Å². The number of hydrogen-bond donors (Lipinski definition) is 0. The third kappa shape index (κ3) is 1.94. The van der Waals surface area contributed by atoms with E-state index < -0.39 is 0 Å². The molecule has 1 heterocycles. The summed E-state index contributed by atoms with van der Waals surface area (Å²) in [7, 11) is 0. The fourth-order valence-corrected chi connectivity index (χ4v) is 2.63. The highest BCUT2D eigenvalue weighted by molar-refractivity contribution is 6.29. The number of nitrogens with zero attached hydrogens (tertiary/aromatic N) is 1. The van der Waals surface area contributed by atoms with Crippen molar-refractivity contribution < 1.29 is 4.79 Å². The number of rotatable bonds is 1. The van der Waals surface area contributed by atoms with Crippen LogP contribution in [0.3, 0.4) is 0 Å². The first-order valence-corrected chi connectivity index (χ1v) is 6.13. The summed E-state index contributed by atoms with van der Waals surface area (Å²) >= 11 is 5.64. The predicted octanol–water partition coefficient (Wildman–Crippen LogP) is 2.82. The van der Waals surface area contributed by atoms with Crippen molar-refractivity contribution in [1.29, 1.82) is 0 Å². The van der Waals surface area contributed by atoms with Crippen molar-refractivity contribution in [2.45, 2.75) is 26.7 Å². The summed E-state index contributed by atoms with van der Waals surface area (Å²) in [6, 6.07) is 4.30. The molecule has 0 atom stereocenters. The van der Waals surface area contributed by atoms with Crippen molar-refractivity contribution in [3.05, 3.63) is 28.8 Å². The van der Waals surface area contributed by atoms with Gasteiger partial charge in [0.25, 0.3) is 0 Å². The Kier molecular flexibility index (Phi) is 3.20. The lowest BCUT2D eigenvalue weighted by Gasteiger charge is -2.31. The Balaban J connectivity index is 2.49. The van der Waals surface area contributed by atoms with E-state index in [1.165, 1.54) is 16.7 Å². The van der Waals surface area contributed by atoms with Crippen LogP contribution in [0.2, 0.25) is 0 Å². The number of carbonyl (C=O) groups excluding carboxylic acids is 1. The average molecular weight is 238 g/mol. The summed E-state index contributed by atoms with van der Waals surface area (Å²) in [5.74, 6) is 0.0711. The van der Waals surface area contributed by atoms with Crippen LogP contribution in [0, 0.1) is 13.8 Å². The van der Waals surface area contributed by atoms with E-state index in [-0.39, 0.29) is 11.8 Å². The van der Waals surface area contributed by atoms with E-state index in [0.717, 1.165) is 25.1 Å². The number of carbonyl (C=O) groups is 1. The van der Waals surface area contributed by atoms with Crippen LogP contribution in [0.4, 0.5) is 5.69 Å². The molecule has 1 aromatic carbocycles. The highest BCUT2D eigenvalue weighted by Crippen LogP contribution is 2.31. The van der Waals surface area contributed by atoms with Crippen LogP contribution < -0.4 is 4.90 Å². The molecule has 0 aromatic heterocycles. The molecule has 0 N–H and O–H groups in total. The molecule has 86 valence electrons. The number of alkyl halides is 1. The topological polar surface area (TPSA) is 20.3 Å².